The number of hydrogen-bond acceptors (Lipinski definition) is 3. The maximum absolute atomic E-state index is 13.0. The molecule has 3 rings (SSSR count). The monoisotopic (exact) mass is 348 g/mol. The predicted molar refractivity (Wildman–Crippen MR) is 91.0 cm³/mol. The molecule has 1 aliphatic carbocycles. The van der Waals surface area contributed by atoms with E-state index < -0.39 is 12.1 Å². The topological polar surface area (TPSA) is 69.6 Å². The van der Waals surface area contributed by atoms with Crippen LogP contribution >= 0.6 is 0 Å². The molecule has 25 heavy (non-hydrogen) atoms. The van der Waals surface area contributed by atoms with Crippen LogP contribution in [-0.2, 0) is 9.59 Å². The van der Waals surface area contributed by atoms with Gasteiger partial charge >= 0.3 is 0 Å². The molecule has 6 heteroatoms. The Morgan fingerprint density at radius 2 is 1.92 bits per heavy atom. The van der Waals surface area contributed by atoms with E-state index in [9.17, 15) is 19.1 Å². The number of nitrogens with one attached hydrogen (secondary N) is 1. The van der Waals surface area contributed by atoms with Crippen molar-refractivity contribution in [3.05, 3.63) is 35.6 Å². The molecule has 1 heterocycles. The molecule has 3 atom stereocenters. The lowest BCUT2D eigenvalue weighted by molar-refractivity contribution is -0.130. The zero-order valence-electron chi connectivity index (χ0n) is 14.5. The molecule has 0 radical (unpaired) electrons. The molecule has 1 saturated carbocycles. The zero-order chi connectivity index (χ0) is 18.0. The molecule has 2 fully saturated rings. The number of rotatable bonds is 5. The Kier molecular flexibility index (Phi) is 5.37. The Hall–Kier alpha value is -1.95. The summed E-state index contributed by atoms with van der Waals surface area (Å²) in [5, 5.41) is 13.1. The van der Waals surface area contributed by atoms with Gasteiger partial charge in [0.1, 0.15) is 5.82 Å². The third-order valence-electron chi connectivity index (χ3n) is 5.35. The SMILES string of the molecule is CC(NC(=O)C1CC(=O)N(C2CCCC2)C1)C(O)c1ccc(F)cc1. The lowest BCUT2D eigenvalue weighted by Gasteiger charge is -2.25. The minimum atomic E-state index is -0.924. The molecule has 3 unspecified atom stereocenters. The summed E-state index contributed by atoms with van der Waals surface area (Å²) in [6, 6.07) is 5.33. The van der Waals surface area contributed by atoms with Crippen LogP contribution in [0.25, 0.3) is 0 Å². The zero-order valence-corrected chi connectivity index (χ0v) is 14.5. The van der Waals surface area contributed by atoms with Crippen LogP contribution in [0.2, 0.25) is 0 Å². The van der Waals surface area contributed by atoms with Crippen LogP contribution in [0.5, 0.6) is 0 Å². The molecule has 1 aromatic carbocycles. The minimum Gasteiger partial charge on any atom is -0.386 e. The number of nitrogens with zero attached hydrogens (tertiary/aromatic N) is 1. The Morgan fingerprint density at radius 3 is 2.56 bits per heavy atom. The highest BCUT2D eigenvalue weighted by Gasteiger charge is 2.39. The van der Waals surface area contributed by atoms with Gasteiger partial charge in [0.05, 0.1) is 18.1 Å². The van der Waals surface area contributed by atoms with Crippen LogP contribution < -0.4 is 5.32 Å². The van der Waals surface area contributed by atoms with Gasteiger partial charge in [-0.2, -0.15) is 0 Å². The van der Waals surface area contributed by atoms with E-state index in [4.69, 9.17) is 0 Å². The van der Waals surface area contributed by atoms with E-state index >= 15 is 0 Å². The number of likely N-dealkylation sites (tertiary alicyclic amines) is 1. The van der Waals surface area contributed by atoms with Gasteiger partial charge in [-0.15, -0.1) is 0 Å². The van der Waals surface area contributed by atoms with E-state index in [1.807, 2.05) is 4.90 Å². The number of carbonyl (C=O) groups is 2. The van der Waals surface area contributed by atoms with Crippen molar-refractivity contribution in [2.24, 2.45) is 5.92 Å². The Bertz CT molecular complexity index is 628. The van der Waals surface area contributed by atoms with E-state index in [2.05, 4.69) is 5.32 Å². The third-order valence-corrected chi connectivity index (χ3v) is 5.35. The average molecular weight is 348 g/mol. The number of aliphatic hydroxyl groups excluding tert-OH is 1. The minimum absolute atomic E-state index is 0.0544. The Morgan fingerprint density at radius 1 is 1.28 bits per heavy atom. The first-order chi connectivity index (χ1) is 12.0. The van der Waals surface area contributed by atoms with E-state index in [1.54, 1.807) is 6.92 Å². The second-order valence-electron chi connectivity index (χ2n) is 7.18. The fourth-order valence-corrected chi connectivity index (χ4v) is 3.85. The predicted octanol–water partition coefficient (Wildman–Crippen LogP) is 2.15. The molecule has 1 aliphatic heterocycles. The van der Waals surface area contributed by atoms with E-state index in [1.165, 1.54) is 24.3 Å². The van der Waals surface area contributed by atoms with Gasteiger partial charge in [-0.25, -0.2) is 4.39 Å². The highest BCUT2D eigenvalue weighted by Crippen LogP contribution is 2.29. The van der Waals surface area contributed by atoms with Gasteiger partial charge in [-0.05, 0) is 37.5 Å². The van der Waals surface area contributed by atoms with Gasteiger partial charge in [-0.3, -0.25) is 9.59 Å². The molecule has 2 N–H and O–H groups in total. The molecule has 136 valence electrons. The van der Waals surface area contributed by atoms with E-state index in [0.29, 0.717) is 12.1 Å². The molecule has 0 aromatic heterocycles. The summed E-state index contributed by atoms with van der Waals surface area (Å²) < 4.78 is 13.0. The first-order valence-corrected chi connectivity index (χ1v) is 8.99. The standard InChI is InChI=1S/C19H25FN2O3/c1-12(18(24)13-6-8-15(20)9-7-13)21-19(25)14-10-17(23)22(11-14)16-4-2-3-5-16/h6-9,12,14,16,18,24H,2-5,10-11H2,1H3,(H,21,25). The smallest absolute Gasteiger partial charge is 0.225 e. The van der Waals surface area contributed by atoms with Crippen molar-refractivity contribution in [1.29, 1.82) is 0 Å². The van der Waals surface area contributed by atoms with Crippen molar-refractivity contribution < 1.29 is 19.1 Å². The molecular weight excluding hydrogens is 323 g/mol. The van der Waals surface area contributed by atoms with Crippen LogP contribution in [0.15, 0.2) is 24.3 Å². The fraction of sp³-hybridized carbons (Fsp3) is 0.579. The molecule has 1 saturated heterocycles. The molecule has 5 nitrogen and oxygen atoms in total. The molecular formula is C19H25FN2O3. The van der Waals surface area contributed by atoms with Crippen molar-refractivity contribution >= 4 is 11.8 Å². The summed E-state index contributed by atoms with van der Waals surface area (Å²) in [5.74, 6) is -0.888. The number of aliphatic hydroxyl groups is 1. The van der Waals surface area contributed by atoms with Gasteiger partial charge in [0.2, 0.25) is 11.8 Å². The normalized spacial score (nSPS) is 23.7. The lowest BCUT2D eigenvalue weighted by atomic mass is 10.0. The summed E-state index contributed by atoms with van der Waals surface area (Å²) in [6.45, 7) is 2.17. The van der Waals surface area contributed by atoms with Crippen molar-refractivity contribution in [3.63, 3.8) is 0 Å². The highest BCUT2D eigenvalue weighted by atomic mass is 19.1. The summed E-state index contributed by atoms with van der Waals surface area (Å²) in [4.78, 5) is 26.6. The molecule has 2 aliphatic rings. The molecule has 2 amide bonds. The van der Waals surface area contributed by atoms with E-state index in [-0.39, 0.29) is 36.0 Å². The Labute approximate surface area is 147 Å². The number of carbonyl (C=O) groups excluding carboxylic acids is 2. The van der Waals surface area contributed by atoms with Crippen molar-refractivity contribution in [2.45, 2.75) is 57.2 Å². The molecule has 1 aromatic rings. The van der Waals surface area contributed by atoms with Gasteiger partial charge in [-0.1, -0.05) is 25.0 Å². The number of hydrogen-bond donors (Lipinski definition) is 2. The van der Waals surface area contributed by atoms with Gasteiger partial charge in [0, 0.05) is 19.0 Å². The molecule has 0 bridgehead atoms. The third kappa shape index (κ3) is 4.00. The fourth-order valence-electron chi connectivity index (χ4n) is 3.85. The van der Waals surface area contributed by atoms with Crippen LogP contribution in [0.4, 0.5) is 4.39 Å². The van der Waals surface area contributed by atoms with E-state index in [0.717, 1.165) is 25.7 Å². The number of amides is 2. The summed E-state index contributed by atoms with van der Waals surface area (Å²) in [5.41, 5.74) is 0.546. The van der Waals surface area contributed by atoms with Crippen molar-refractivity contribution in [1.82, 2.24) is 10.2 Å². The molecule has 0 spiro atoms. The maximum atomic E-state index is 13.0. The van der Waals surface area contributed by atoms with Gasteiger partial charge < -0.3 is 15.3 Å². The quantitative estimate of drug-likeness (QED) is 0.857. The number of benzene rings is 1. The second kappa shape index (κ2) is 7.52. The first kappa shape index (κ1) is 17.9. The summed E-state index contributed by atoms with van der Waals surface area (Å²) >= 11 is 0. The van der Waals surface area contributed by atoms with Crippen LogP contribution in [0.3, 0.4) is 0 Å². The second-order valence-corrected chi connectivity index (χ2v) is 7.18. The van der Waals surface area contributed by atoms with Gasteiger partial charge in [0.15, 0.2) is 0 Å². The van der Waals surface area contributed by atoms with Crippen molar-refractivity contribution in [3.8, 4) is 0 Å². The highest BCUT2D eigenvalue weighted by molar-refractivity contribution is 5.89. The van der Waals surface area contributed by atoms with Gasteiger partial charge in [0.25, 0.3) is 0 Å². The average Bonchev–Trinajstić information content (AvgIpc) is 3.24. The Balaban J connectivity index is 1.56. The number of halogens is 1. The summed E-state index contributed by atoms with van der Waals surface area (Å²) in [6.07, 6.45) is 3.66. The van der Waals surface area contributed by atoms with Crippen LogP contribution in [0.1, 0.15) is 50.7 Å². The largest absolute Gasteiger partial charge is 0.386 e. The summed E-state index contributed by atoms with van der Waals surface area (Å²) in [7, 11) is 0. The van der Waals surface area contributed by atoms with Crippen molar-refractivity contribution in [2.75, 3.05) is 6.54 Å². The van der Waals surface area contributed by atoms with Crippen LogP contribution in [0, 0.1) is 11.7 Å². The maximum Gasteiger partial charge on any atom is 0.225 e. The van der Waals surface area contributed by atoms with Crippen LogP contribution in [-0.4, -0.2) is 40.4 Å². The first-order valence-electron chi connectivity index (χ1n) is 8.99. The lowest BCUT2D eigenvalue weighted by Crippen LogP contribution is -2.42.